The molecule has 0 unspecified atom stereocenters. The van der Waals surface area contributed by atoms with E-state index in [-0.39, 0.29) is 5.41 Å². The van der Waals surface area contributed by atoms with Crippen LogP contribution in [0.25, 0.3) is 44.7 Å². The Morgan fingerprint density at radius 1 is 0.650 bits per heavy atom. The van der Waals surface area contributed by atoms with E-state index in [1.54, 1.807) is 0 Å². The molecule has 8 rings (SSSR count). The fraction of sp³-hybridized carbons (Fsp3) is 0.265. The van der Waals surface area contributed by atoms with E-state index >= 15 is 0 Å². The molecule has 1 aliphatic carbocycles. The van der Waals surface area contributed by atoms with Gasteiger partial charge in [0.1, 0.15) is 0 Å². The number of hydrogen-bond donors (Lipinski definition) is 0. The molecule has 3 heterocycles. The molecule has 2 aliphatic rings. The van der Waals surface area contributed by atoms with E-state index in [4.69, 9.17) is 14.3 Å². The Bertz CT molecular complexity index is 2000. The maximum absolute atomic E-state index is 6.42. The smallest absolute Gasteiger partial charge is 0.399 e. The van der Waals surface area contributed by atoms with Crippen molar-refractivity contribution in [1.29, 1.82) is 0 Å². The van der Waals surface area contributed by atoms with E-state index in [1.165, 1.54) is 22.3 Å². The van der Waals surface area contributed by atoms with Crippen LogP contribution in [0, 0.1) is 0 Å². The Morgan fingerprint density at radius 2 is 1.38 bits per heavy atom. The molecule has 6 aromatic rings. The van der Waals surface area contributed by atoms with E-state index < -0.39 is 18.3 Å². The van der Waals surface area contributed by atoms with Gasteiger partial charge in [-0.3, -0.25) is 8.97 Å². The highest BCUT2D eigenvalue weighted by molar-refractivity contribution is 6.62. The van der Waals surface area contributed by atoms with Crippen LogP contribution in [0.2, 0.25) is 0 Å². The van der Waals surface area contributed by atoms with Crippen molar-refractivity contribution in [2.45, 2.75) is 58.2 Å². The van der Waals surface area contributed by atoms with Crippen molar-refractivity contribution < 1.29 is 9.31 Å². The van der Waals surface area contributed by atoms with Crippen LogP contribution >= 0.6 is 0 Å². The number of rotatable bonds is 2. The molecule has 4 aromatic carbocycles. The molecule has 2 aromatic heterocycles. The second kappa shape index (κ2) is 7.65. The maximum atomic E-state index is 6.42. The highest BCUT2D eigenvalue weighted by Crippen LogP contribution is 2.50. The van der Waals surface area contributed by atoms with Gasteiger partial charge in [-0.15, -0.1) is 0 Å². The Hall–Kier alpha value is -3.87. The summed E-state index contributed by atoms with van der Waals surface area (Å²) in [6, 6.07) is 30.5. The third kappa shape index (κ3) is 3.03. The zero-order valence-electron chi connectivity index (χ0n) is 23.8. The summed E-state index contributed by atoms with van der Waals surface area (Å²) in [7, 11) is -0.431. The highest BCUT2D eigenvalue weighted by atomic mass is 16.7. The highest BCUT2D eigenvalue weighted by Gasteiger charge is 2.51. The van der Waals surface area contributed by atoms with Crippen LogP contribution in [-0.4, -0.2) is 32.3 Å². The quantitative estimate of drug-likeness (QED) is 0.228. The molecule has 40 heavy (non-hydrogen) atoms. The molecular weight excluding hydrogens is 493 g/mol. The standard InChI is InChI=1S/C34H32BN3O2/c1-32(2)25-15-8-7-14-23(25)24-19-29-30(20-26(24)32)37(31-36-27-16-9-10-17-28(27)38(29)31)22-13-11-12-21(18-22)35-39-33(3,4)34(5,6)40-35/h7-20H,1-6H3. The summed E-state index contributed by atoms with van der Waals surface area (Å²) in [5.41, 5.74) is 10.9. The summed E-state index contributed by atoms with van der Waals surface area (Å²) in [4.78, 5) is 5.15. The van der Waals surface area contributed by atoms with Crippen LogP contribution in [0.5, 0.6) is 0 Å². The maximum Gasteiger partial charge on any atom is 0.494 e. The lowest BCUT2D eigenvalue weighted by Crippen LogP contribution is -2.41. The van der Waals surface area contributed by atoms with Gasteiger partial charge in [-0.2, -0.15) is 0 Å². The second-order valence-electron chi connectivity index (χ2n) is 12.8. The molecule has 1 fully saturated rings. The number of benzene rings is 4. The Morgan fingerprint density at radius 3 is 2.17 bits per heavy atom. The van der Waals surface area contributed by atoms with Gasteiger partial charge in [0.05, 0.1) is 33.3 Å². The summed E-state index contributed by atoms with van der Waals surface area (Å²) in [6.45, 7) is 13.0. The van der Waals surface area contributed by atoms with Gasteiger partial charge >= 0.3 is 7.12 Å². The first-order valence-electron chi connectivity index (χ1n) is 14.1. The topological polar surface area (TPSA) is 40.7 Å². The van der Waals surface area contributed by atoms with Crippen LogP contribution in [0.15, 0.2) is 84.9 Å². The van der Waals surface area contributed by atoms with Crippen LogP contribution in [0.1, 0.15) is 52.7 Å². The lowest BCUT2D eigenvalue weighted by molar-refractivity contribution is 0.00578. The molecule has 0 spiro atoms. The average molecular weight is 525 g/mol. The number of fused-ring (bicyclic) bond motifs is 8. The molecule has 198 valence electrons. The van der Waals surface area contributed by atoms with Crippen molar-refractivity contribution in [3.8, 4) is 16.8 Å². The molecule has 5 nitrogen and oxygen atoms in total. The Labute approximate surface area is 234 Å². The lowest BCUT2D eigenvalue weighted by Gasteiger charge is -2.32. The van der Waals surface area contributed by atoms with Gasteiger partial charge in [0.25, 0.3) is 0 Å². The first-order valence-corrected chi connectivity index (χ1v) is 14.1. The van der Waals surface area contributed by atoms with Gasteiger partial charge in [0, 0.05) is 11.1 Å². The zero-order chi connectivity index (χ0) is 27.6. The SMILES string of the molecule is CC1(C)c2ccccc2-c2cc3c(cc21)n(-c1cccc(B2OC(C)(C)C(C)(C)O2)c1)c1nc2ccccc2n31. The largest absolute Gasteiger partial charge is 0.494 e. The van der Waals surface area contributed by atoms with Crippen LogP contribution in [-0.2, 0) is 14.7 Å². The molecule has 0 N–H and O–H groups in total. The van der Waals surface area contributed by atoms with Crippen molar-refractivity contribution >= 4 is 40.4 Å². The van der Waals surface area contributed by atoms with Crippen LogP contribution in [0.3, 0.4) is 0 Å². The van der Waals surface area contributed by atoms with E-state index in [9.17, 15) is 0 Å². The third-order valence-electron chi connectivity index (χ3n) is 9.56. The number of aromatic nitrogens is 3. The van der Waals surface area contributed by atoms with Crippen LogP contribution < -0.4 is 5.46 Å². The lowest BCUT2D eigenvalue weighted by atomic mass is 9.79. The minimum absolute atomic E-state index is 0.0933. The summed E-state index contributed by atoms with van der Waals surface area (Å²) in [6.07, 6.45) is 0. The summed E-state index contributed by atoms with van der Waals surface area (Å²) >= 11 is 0. The fourth-order valence-corrected chi connectivity index (χ4v) is 6.64. The minimum atomic E-state index is -0.431. The molecule has 0 radical (unpaired) electrons. The van der Waals surface area contributed by atoms with Crippen molar-refractivity contribution in [3.05, 3.63) is 96.1 Å². The third-order valence-corrected chi connectivity index (χ3v) is 9.56. The van der Waals surface area contributed by atoms with Gasteiger partial charge in [-0.25, -0.2) is 4.98 Å². The van der Waals surface area contributed by atoms with Gasteiger partial charge < -0.3 is 9.31 Å². The predicted molar refractivity (Wildman–Crippen MR) is 163 cm³/mol. The van der Waals surface area contributed by atoms with Crippen molar-refractivity contribution in [3.63, 3.8) is 0 Å². The molecule has 0 atom stereocenters. The normalized spacial score (nSPS) is 18.6. The minimum Gasteiger partial charge on any atom is -0.399 e. The van der Waals surface area contributed by atoms with E-state index in [1.807, 2.05) is 0 Å². The van der Waals surface area contributed by atoms with Gasteiger partial charge in [0.2, 0.25) is 5.78 Å². The number of nitrogens with zero attached hydrogens (tertiary/aromatic N) is 3. The summed E-state index contributed by atoms with van der Waals surface area (Å²) in [5.74, 6) is 0.900. The number of hydrogen-bond acceptors (Lipinski definition) is 3. The fourth-order valence-electron chi connectivity index (χ4n) is 6.64. The Balaban J connectivity index is 1.41. The summed E-state index contributed by atoms with van der Waals surface area (Å²) in [5, 5.41) is 0. The molecule has 0 bridgehead atoms. The predicted octanol–water partition coefficient (Wildman–Crippen LogP) is 7.04. The van der Waals surface area contributed by atoms with E-state index in [0.29, 0.717) is 0 Å². The molecule has 0 saturated carbocycles. The van der Waals surface area contributed by atoms with Gasteiger partial charge in [0.15, 0.2) is 0 Å². The van der Waals surface area contributed by atoms with Crippen molar-refractivity contribution in [2.75, 3.05) is 0 Å². The van der Waals surface area contributed by atoms with E-state index in [0.717, 1.165) is 39.0 Å². The summed E-state index contributed by atoms with van der Waals surface area (Å²) < 4.78 is 17.4. The molecule has 1 saturated heterocycles. The van der Waals surface area contributed by atoms with Crippen LogP contribution in [0.4, 0.5) is 0 Å². The number of imidazole rings is 2. The zero-order valence-corrected chi connectivity index (χ0v) is 23.8. The molecule has 6 heteroatoms. The Kier molecular flexibility index (Phi) is 4.59. The number of para-hydroxylation sites is 2. The van der Waals surface area contributed by atoms with Crippen molar-refractivity contribution in [1.82, 2.24) is 14.0 Å². The second-order valence-corrected chi connectivity index (χ2v) is 12.8. The molecule has 0 amide bonds. The molecule has 1 aliphatic heterocycles. The van der Waals surface area contributed by atoms with Gasteiger partial charge in [-0.05, 0) is 91.8 Å². The van der Waals surface area contributed by atoms with E-state index in [2.05, 4.69) is 135 Å². The van der Waals surface area contributed by atoms with Gasteiger partial charge in [-0.1, -0.05) is 62.4 Å². The monoisotopic (exact) mass is 525 g/mol. The van der Waals surface area contributed by atoms with Crippen molar-refractivity contribution in [2.24, 2.45) is 0 Å². The first-order chi connectivity index (χ1) is 19.1. The average Bonchev–Trinajstić information content (AvgIpc) is 3.58. The molecular formula is C34H32BN3O2. The first kappa shape index (κ1) is 24.0.